The molecule has 50 heavy (non-hydrogen) atoms. The number of hydrogen-bond donors (Lipinski definition) is 2. The molecule has 2 saturated carbocycles. The van der Waals surface area contributed by atoms with Crippen molar-refractivity contribution in [3.63, 3.8) is 0 Å². The lowest BCUT2D eigenvalue weighted by molar-refractivity contribution is -0.122. The molecule has 254 valence electrons. The summed E-state index contributed by atoms with van der Waals surface area (Å²) in [6, 6.07) is 16.9. The van der Waals surface area contributed by atoms with Crippen molar-refractivity contribution in [2.24, 2.45) is 0 Å². The number of nitrogens with zero attached hydrogens (tertiary/aromatic N) is 7. The number of methoxy groups -OCH3 is 1. The molecule has 1 spiro atoms. The van der Waals surface area contributed by atoms with Crippen LogP contribution >= 0.6 is 0 Å². The van der Waals surface area contributed by atoms with Gasteiger partial charge in [-0.2, -0.15) is 4.98 Å². The molecular weight excluding hydrogens is 641 g/mol. The molecule has 2 aliphatic carbocycles. The van der Waals surface area contributed by atoms with Gasteiger partial charge in [-0.3, -0.25) is 19.7 Å². The van der Waals surface area contributed by atoms with E-state index in [1.54, 1.807) is 45.7 Å². The number of hydrogen-bond acceptors (Lipinski definition) is 9. The van der Waals surface area contributed by atoms with Crippen molar-refractivity contribution in [2.75, 3.05) is 38.4 Å². The van der Waals surface area contributed by atoms with Crippen molar-refractivity contribution in [1.29, 1.82) is 0 Å². The number of rotatable bonds is 9. The van der Waals surface area contributed by atoms with Gasteiger partial charge in [-0.05, 0) is 67.1 Å². The number of benzene rings is 2. The average Bonchev–Trinajstić information content (AvgIpc) is 4.02. The number of imidazole rings is 1. The van der Waals surface area contributed by atoms with Crippen LogP contribution in [0.15, 0.2) is 67.0 Å². The lowest BCUT2D eigenvalue weighted by Crippen LogP contribution is -2.43. The third-order valence-corrected chi connectivity index (χ3v) is 9.60. The van der Waals surface area contributed by atoms with Crippen molar-refractivity contribution in [1.82, 2.24) is 34.4 Å². The van der Waals surface area contributed by atoms with Gasteiger partial charge < -0.3 is 19.9 Å². The van der Waals surface area contributed by atoms with Crippen LogP contribution in [0.1, 0.15) is 57.8 Å². The number of fused-ring (bicyclic) bond motifs is 3. The number of pyridine rings is 1. The Balaban J connectivity index is 1.09. The van der Waals surface area contributed by atoms with Gasteiger partial charge in [0.05, 0.1) is 25.0 Å². The Labute approximate surface area is 286 Å². The summed E-state index contributed by atoms with van der Waals surface area (Å²) in [5, 5.41) is 10.0. The third kappa shape index (κ3) is 5.46. The Morgan fingerprint density at radius 1 is 1.02 bits per heavy atom. The average molecular weight is 676 g/mol. The fraction of sp³-hybridized carbons (Fsp3) is 0.306. The molecule has 2 fully saturated rings. The topological polar surface area (TPSA) is 147 Å². The number of amides is 3. The van der Waals surface area contributed by atoms with Gasteiger partial charge in [-0.15, -0.1) is 5.10 Å². The Hall–Kier alpha value is -5.92. The standard InChI is InChI=1S/C36H34FN9O4/c1-44(2)32(48)27-9-4-6-22(39-27)19-45-20-35(12-13-35)25-18-21(10-11-24(25)31(45)47)23-7-5-8-26(28(23)50-3)40-29-30-38-16-17-46(30)43-34(41-29)42-33(49)36(37)14-15-36/h4-11,16-18H,12-15,19-20H2,1-3H3,(H2,40,41,42,43,49). The van der Waals surface area contributed by atoms with Crippen molar-refractivity contribution in [3.05, 3.63) is 89.5 Å². The number of anilines is 3. The van der Waals surface area contributed by atoms with E-state index in [0.29, 0.717) is 52.9 Å². The smallest absolute Gasteiger partial charge is 0.271 e. The molecule has 3 aromatic heterocycles. The van der Waals surface area contributed by atoms with Crippen LogP contribution in [-0.2, 0) is 16.8 Å². The second kappa shape index (κ2) is 11.6. The highest BCUT2D eigenvalue weighted by Crippen LogP contribution is 2.53. The quantitative estimate of drug-likeness (QED) is 0.226. The molecule has 0 atom stereocenters. The van der Waals surface area contributed by atoms with Gasteiger partial charge in [0.25, 0.3) is 17.7 Å². The number of carbonyl (C=O) groups is 3. The van der Waals surface area contributed by atoms with Crippen LogP contribution in [0.25, 0.3) is 16.8 Å². The largest absolute Gasteiger partial charge is 0.494 e. The van der Waals surface area contributed by atoms with E-state index in [2.05, 4.69) is 36.8 Å². The number of para-hydroxylation sites is 1. The van der Waals surface area contributed by atoms with E-state index in [9.17, 15) is 18.8 Å². The van der Waals surface area contributed by atoms with Gasteiger partial charge in [-0.25, -0.2) is 18.9 Å². The first kappa shape index (κ1) is 31.4. The predicted molar refractivity (Wildman–Crippen MR) is 182 cm³/mol. The normalized spacial score (nSPS) is 16.6. The van der Waals surface area contributed by atoms with Crippen molar-refractivity contribution in [3.8, 4) is 16.9 Å². The molecule has 4 heterocycles. The highest BCUT2D eigenvalue weighted by molar-refractivity contribution is 5.99. The van der Waals surface area contributed by atoms with Gasteiger partial charge in [-0.1, -0.05) is 24.3 Å². The van der Waals surface area contributed by atoms with Crippen LogP contribution in [0.3, 0.4) is 0 Å². The van der Waals surface area contributed by atoms with Crippen LogP contribution < -0.4 is 15.4 Å². The first-order valence-corrected chi connectivity index (χ1v) is 16.4. The lowest BCUT2D eigenvalue weighted by atomic mass is 9.84. The van der Waals surface area contributed by atoms with Crippen LogP contribution in [0, 0.1) is 0 Å². The molecule has 0 saturated heterocycles. The van der Waals surface area contributed by atoms with E-state index < -0.39 is 11.6 Å². The lowest BCUT2D eigenvalue weighted by Gasteiger charge is -2.35. The van der Waals surface area contributed by atoms with Crippen LogP contribution in [-0.4, -0.2) is 85.5 Å². The number of aromatic nitrogens is 5. The number of ether oxygens (including phenoxy) is 1. The van der Waals surface area contributed by atoms with E-state index in [0.717, 1.165) is 29.5 Å². The molecule has 3 aliphatic rings. The fourth-order valence-corrected chi connectivity index (χ4v) is 6.57. The molecule has 2 aromatic carbocycles. The minimum Gasteiger partial charge on any atom is -0.494 e. The zero-order valence-corrected chi connectivity index (χ0v) is 27.7. The molecule has 13 nitrogen and oxygen atoms in total. The summed E-state index contributed by atoms with van der Waals surface area (Å²) in [6.07, 6.45) is 5.41. The second-order valence-electron chi connectivity index (χ2n) is 13.3. The number of alkyl halides is 1. The minimum absolute atomic E-state index is 0.0595. The summed E-state index contributed by atoms with van der Waals surface area (Å²) in [6.45, 7) is 0.871. The third-order valence-electron chi connectivity index (χ3n) is 9.60. The van der Waals surface area contributed by atoms with E-state index in [4.69, 9.17) is 4.74 Å². The van der Waals surface area contributed by atoms with Gasteiger partial charge >= 0.3 is 0 Å². The van der Waals surface area contributed by atoms with Crippen molar-refractivity contribution in [2.45, 2.75) is 43.3 Å². The molecule has 0 unspecified atom stereocenters. The summed E-state index contributed by atoms with van der Waals surface area (Å²) in [4.78, 5) is 55.4. The Morgan fingerprint density at radius 2 is 1.82 bits per heavy atom. The van der Waals surface area contributed by atoms with E-state index in [1.165, 1.54) is 9.42 Å². The highest BCUT2D eigenvalue weighted by Gasteiger charge is 2.52. The highest BCUT2D eigenvalue weighted by atomic mass is 19.1. The first-order chi connectivity index (χ1) is 24.1. The van der Waals surface area contributed by atoms with Crippen LogP contribution in [0.2, 0.25) is 0 Å². The maximum Gasteiger partial charge on any atom is 0.271 e. The van der Waals surface area contributed by atoms with Crippen LogP contribution in [0.5, 0.6) is 5.75 Å². The monoisotopic (exact) mass is 675 g/mol. The summed E-state index contributed by atoms with van der Waals surface area (Å²) >= 11 is 0. The Bertz CT molecular complexity index is 2210. The predicted octanol–water partition coefficient (Wildman–Crippen LogP) is 4.77. The molecule has 0 bridgehead atoms. The minimum atomic E-state index is -1.88. The second-order valence-corrected chi connectivity index (χ2v) is 13.3. The zero-order valence-electron chi connectivity index (χ0n) is 27.7. The van der Waals surface area contributed by atoms with Gasteiger partial charge in [0.2, 0.25) is 5.95 Å². The molecule has 0 radical (unpaired) electrons. The SMILES string of the molecule is COc1c(Nc2nc(NC(=O)C3(F)CC3)nn3ccnc23)cccc1-c1ccc2c(c1)C1(CC1)CN(Cc1cccc(C(=O)N(C)C)n1)C2=O. The van der Waals surface area contributed by atoms with Crippen molar-refractivity contribution < 1.29 is 23.5 Å². The maximum absolute atomic E-state index is 14.4. The van der Waals surface area contributed by atoms with E-state index in [-0.39, 0.29) is 36.0 Å². The van der Waals surface area contributed by atoms with E-state index in [1.807, 2.05) is 41.3 Å². The van der Waals surface area contributed by atoms with Gasteiger partial charge in [0, 0.05) is 49.6 Å². The summed E-state index contributed by atoms with van der Waals surface area (Å²) in [5.74, 6) is -0.267. The maximum atomic E-state index is 14.4. The molecule has 8 rings (SSSR count). The molecule has 1 aliphatic heterocycles. The Kier molecular flexibility index (Phi) is 7.28. The zero-order chi connectivity index (χ0) is 34.8. The summed E-state index contributed by atoms with van der Waals surface area (Å²) in [7, 11) is 4.95. The molecule has 2 N–H and O–H groups in total. The molecular formula is C36H34FN9O4. The van der Waals surface area contributed by atoms with Crippen LogP contribution in [0.4, 0.5) is 21.8 Å². The number of carbonyl (C=O) groups excluding carboxylic acids is 3. The van der Waals surface area contributed by atoms with Gasteiger partial charge in [0.1, 0.15) is 11.4 Å². The molecule has 14 heteroatoms. The van der Waals surface area contributed by atoms with Crippen molar-refractivity contribution >= 4 is 40.8 Å². The fourth-order valence-electron chi connectivity index (χ4n) is 6.57. The summed E-state index contributed by atoms with van der Waals surface area (Å²) < 4.78 is 21.8. The summed E-state index contributed by atoms with van der Waals surface area (Å²) in [5.41, 5.74) is 3.30. The van der Waals surface area contributed by atoms with Gasteiger partial charge in [0.15, 0.2) is 17.1 Å². The Morgan fingerprint density at radius 3 is 2.56 bits per heavy atom. The number of halogens is 1. The molecule has 5 aromatic rings. The first-order valence-electron chi connectivity index (χ1n) is 16.4. The molecule has 3 amide bonds. The number of nitrogens with one attached hydrogen (secondary N) is 2. The van der Waals surface area contributed by atoms with E-state index >= 15 is 0 Å².